The van der Waals surface area contributed by atoms with E-state index in [0.29, 0.717) is 0 Å². The first-order valence-corrected chi connectivity index (χ1v) is 5.36. The van der Waals surface area contributed by atoms with Crippen molar-refractivity contribution in [2.45, 2.75) is 0 Å². The predicted octanol–water partition coefficient (Wildman–Crippen LogP) is 2.98. The summed E-state index contributed by atoms with van der Waals surface area (Å²) in [5.41, 5.74) is 7.06. The van der Waals surface area contributed by atoms with E-state index >= 15 is 0 Å². The van der Waals surface area contributed by atoms with Crippen molar-refractivity contribution in [3.8, 4) is 0 Å². The number of benzene rings is 1. The predicted molar refractivity (Wildman–Crippen MR) is 62.7 cm³/mol. The van der Waals surface area contributed by atoms with Gasteiger partial charge in [0.1, 0.15) is 5.82 Å². The fraction of sp³-hybridized carbons (Fsp3) is 0.0909. The molecule has 0 fully saturated rings. The summed E-state index contributed by atoms with van der Waals surface area (Å²) in [5.74, 6) is 0.817. The zero-order valence-electron chi connectivity index (χ0n) is 7.82. The Morgan fingerprint density at radius 1 is 1.21 bits per heavy atom. The van der Waals surface area contributed by atoms with Crippen LogP contribution in [0.3, 0.4) is 0 Å². The quantitative estimate of drug-likeness (QED) is 0.597. The smallest absolute Gasteiger partial charge is 0.104 e. The fourth-order valence-electron chi connectivity index (χ4n) is 1.82. The molecule has 0 spiro atoms. The zero-order chi connectivity index (χ0) is 9.71. The minimum absolute atomic E-state index is 0.817. The van der Waals surface area contributed by atoms with Gasteiger partial charge in [0.05, 0.1) is 5.52 Å². The topological polar surface area (TPSA) is 30.9 Å². The van der Waals surface area contributed by atoms with Crippen LogP contribution in [-0.4, -0.2) is 4.57 Å². The number of hydrogen-bond acceptors (Lipinski definition) is 2. The maximum atomic E-state index is 5.85. The maximum absolute atomic E-state index is 5.85. The van der Waals surface area contributed by atoms with Gasteiger partial charge in [-0.1, -0.05) is 0 Å². The zero-order valence-corrected chi connectivity index (χ0v) is 8.64. The highest BCUT2D eigenvalue weighted by Crippen LogP contribution is 2.29. The van der Waals surface area contributed by atoms with Crippen LogP contribution in [0.4, 0.5) is 5.82 Å². The van der Waals surface area contributed by atoms with Gasteiger partial charge in [0.2, 0.25) is 0 Å². The van der Waals surface area contributed by atoms with Crippen molar-refractivity contribution in [3.05, 3.63) is 29.6 Å². The molecule has 3 aromatic rings. The van der Waals surface area contributed by atoms with E-state index in [9.17, 15) is 0 Å². The minimum atomic E-state index is 0.817. The van der Waals surface area contributed by atoms with E-state index in [0.717, 1.165) is 5.82 Å². The lowest BCUT2D eigenvalue weighted by molar-refractivity contribution is 0.984. The lowest BCUT2D eigenvalue weighted by Gasteiger charge is -1.98. The van der Waals surface area contributed by atoms with Crippen LogP contribution in [0.5, 0.6) is 0 Å². The highest BCUT2D eigenvalue weighted by molar-refractivity contribution is 7.17. The Morgan fingerprint density at radius 2 is 2.07 bits per heavy atom. The average molecular weight is 202 g/mol. The molecule has 0 amide bonds. The van der Waals surface area contributed by atoms with E-state index in [1.165, 1.54) is 21.0 Å². The summed E-state index contributed by atoms with van der Waals surface area (Å²) in [6, 6.07) is 8.55. The molecule has 3 rings (SSSR count). The van der Waals surface area contributed by atoms with E-state index in [4.69, 9.17) is 5.73 Å². The standard InChI is InChI=1S/C11H10N2S/c1-13-9-6-10-7(2-3-14-10)4-8(9)5-11(13)12/h2-6H,12H2,1H3. The van der Waals surface area contributed by atoms with E-state index in [2.05, 4.69) is 23.6 Å². The molecule has 0 aliphatic rings. The first-order valence-electron chi connectivity index (χ1n) is 4.48. The molecule has 0 aliphatic carbocycles. The molecule has 0 atom stereocenters. The summed E-state index contributed by atoms with van der Waals surface area (Å²) in [7, 11) is 2.00. The van der Waals surface area contributed by atoms with Crippen molar-refractivity contribution in [2.24, 2.45) is 7.05 Å². The van der Waals surface area contributed by atoms with E-state index in [1.54, 1.807) is 11.3 Å². The third-order valence-corrected chi connectivity index (χ3v) is 3.53. The summed E-state index contributed by atoms with van der Waals surface area (Å²) in [4.78, 5) is 0. The number of aryl methyl sites for hydroxylation is 1. The second kappa shape index (κ2) is 2.51. The number of thiophene rings is 1. The van der Waals surface area contributed by atoms with Gasteiger partial charge in [0, 0.05) is 17.1 Å². The number of anilines is 1. The molecule has 14 heavy (non-hydrogen) atoms. The van der Waals surface area contributed by atoms with Gasteiger partial charge in [0.25, 0.3) is 0 Å². The van der Waals surface area contributed by atoms with Crippen molar-refractivity contribution < 1.29 is 0 Å². The molecule has 0 saturated carbocycles. The highest BCUT2D eigenvalue weighted by Gasteiger charge is 2.04. The first-order chi connectivity index (χ1) is 6.75. The number of hydrogen-bond donors (Lipinski definition) is 1. The molecule has 2 N–H and O–H groups in total. The van der Waals surface area contributed by atoms with Gasteiger partial charge in [-0.05, 0) is 35.0 Å². The summed E-state index contributed by atoms with van der Waals surface area (Å²) in [6.45, 7) is 0. The van der Waals surface area contributed by atoms with E-state index < -0.39 is 0 Å². The summed E-state index contributed by atoms with van der Waals surface area (Å²) in [5, 5.41) is 4.64. The van der Waals surface area contributed by atoms with Crippen LogP contribution in [0.2, 0.25) is 0 Å². The molecule has 2 nitrogen and oxygen atoms in total. The highest BCUT2D eigenvalue weighted by atomic mass is 32.1. The lowest BCUT2D eigenvalue weighted by Crippen LogP contribution is -1.94. The number of nitrogen functional groups attached to an aromatic ring is 1. The number of rotatable bonds is 0. The Kier molecular flexibility index (Phi) is 1.42. The number of nitrogens with zero attached hydrogens (tertiary/aromatic N) is 1. The van der Waals surface area contributed by atoms with Crippen molar-refractivity contribution in [3.63, 3.8) is 0 Å². The third-order valence-electron chi connectivity index (χ3n) is 2.65. The average Bonchev–Trinajstić information content (AvgIpc) is 2.70. The molecule has 2 heterocycles. The van der Waals surface area contributed by atoms with Gasteiger partial charge < -0.3 is 10.3 Å². The Bertz CT molecular complexity index is 619. The molecular formula is C11H10N2S. The number of nitrogens with two attached hydrogens (primary N) is 1. The maximum Gasteiger partial charge on any atom is 0.104 e. The molecule has 3 heteroatoms. The molecule has 0 aliphatic heterocycles. The van der Waals surface area contributed by atoms with Gasteiger partial charge in [-0.15, -0.1) is 11.3 Å². The van der Waals surface area contributed by atoms with Crippen LogP contribution in [0.15, 0.2) is 29.6 Å². The normalized spacial score (nSPS) is 11.5. The van der Waals surface area contributed by atoms with Gasteiger partial charge in [-0.2, -0.15) is 0 Å². The van der Waals surface area contributed by atoms with Crippen LogP contribution >= 0.6 is 11.3 Å². The molecule has 0 radical (unpaired) electrons. The summed E-state index contributed by atoms with van der Waals surface area (Å²) in [6.07, 6.45) is 0. The van der Waals surface area contributed by atoms with Gasteiger partial charge >= 0.3 is 0 Å². The van der Waals surface area contributed by atoms with Crippen LogP contribution in [0, 0.1) is 0 Å². The second-order valence-electron chi connectivity index (χ2n) is 3.50. The number of aromatic nitrogens is 1. The lowest BCUT2D eigenvalue weighted by atomic mass is 10.2. The van der Waals surface area contributed by atoms with Gasteiger partial charge in [0.15, 0.2) is 0 Å². The molecule has 2 aromatic heterocycles. The number of fused-ring (bicyclic) bond motifs is 2. The van der Waals surface area contributed by atoms with Crippen molar-refractivity contribution in [1.82, 2.24) is 4.57 Å². The first kappa shape index (κ1) is 7.88. The van der Waals surface area contributed by atoms with E-state index in [1.807, 2.05) is 17.7 Å². The Hall–Kier alpha value is -1.48. The largest absolute Gasteiger partial charge is 0.385 e. The Morgan fingerprint density at radius 3 is 2.93 bits per heavy atom. The Labute approximate surface area is 85.6 Å². The summed E-state index contributed by atoms with van der Waals surface area (Å²) < 4.78 is 3.34. The van der Waals surface area contributed by atoms with Crippen molar-refractivity contribution in [1.29, 1.82) is 0 Å². The molecule has 0 bridgehead atoms. The van der Waals surface area contributed by atoms with Gasteiger partial charge in [-0.3, -0.25) is 0 Å². The van der Waals surface area contributed by atoms with Crippen molar-refractivity contribution in [2.75, 3.05) is 5.73 Å². The summed E-state index contributed by atoms with van der Waals surface area (Å²) >= 11 is 1.77. The van der Waals surface area contributed by atoms with Crippen LogP contribution in [0.25, 0.3) is 21.0 Å². The van der Waals surface area contributed by atoms with Crippen molar-refractivity contribution >= 4 is 38.1 Å². The molecule has 70 valence electrons. The molecule has 1 aromatic carbocycles. The van der Waals surface area contributed by atoms with Crippen LogP contribution < -0.4 is 5.73 Å². The van der Waals surface area contributed by atoms with Crippen LogP contribution in [0.1, 0.15) is 0 Å². The molecule has 0 unspecified atom stereocenters. The van der Waals surface area contributed by atoms with Crippen LogP contribution in [-0.2, 0) is 7.05 Å². The SMILES string of the molecule is Cn1c(N)cc2cc3ccsc3cc21. The molecular weight excluding hydrogens is 192 g/mol. The third kappa shape index (κ3) is 0.902. The molecule has 0 saturated heterocycles. The van der Waals surface area contributed by atoms with Gasteiger partial charge in [-0.25, -0.2) is 0 Å². The van der Waals surface area contributed by atoms with E-state index in [-0.39, 0.29) is 0 Å². The monoisotopic (exact) mass is 202 g/mol. The fourth-order valence-corrected chi connectivity index (χ4v) is 2.62. The minimum Gasteiger partial charge on any atom is -0.385 e. The second-order valence-corrected chi connectivity index (χ2v) is 4.45. The Balaban J connectivity index is 2.56.